The topological polar surface area (TPSA) is 0 Å². The molecule has 0 heteroatoms. The lowest BCUT2D eigenvalue weighted by molar-refractivity contribution is 0.449. The summed E-state index contributed by atoms with van der Waals surface area (Å²) in [6, 6.07) is 0. The molecule has 2 aliphatic rings. The minimum atomic E-state index is 1.04. The van der Waals surface area contributed by atoms with Crippen molar-refractivity contribution in [3.8, 4) is 0 Å². The predicted octanol–water partition coefficient (Wildman–Crippen LogP) is 3.61. The first kappa shape index (κ1) is 7.64. The lowest BCUT2D eigenvalue weighted by Crippen LogP contribution is -1.94. The average molecular weight is 152 g/mol. The van der Waals surface area contributed by atoms with Gasteiger partial charge in [-0.3, -0.25) is 0 Å². The molecule has 2 unspecified atom stereocenters. The average Bonchev–Trinajstić information content (AvgIpc) is 2.72. The Bertz CT molecular complexity index is 124. The second kappa shape index (κ2) is 3.16. The third-order valence-electron chi connectivity index (χ3n) is 3.48. The van der Waals surface area contributed by atoms with Crippen LogP contribution in [0.15, 0.2) is 0 Å². The van der Waals surface area contributed by atoms with Gasteiger partial charge in [-0.05, 0) is 24.2 Å². The molecule has 2 atom stereocenters. The van der Waals surface area contributed by atoms with Crippen LogP contribution in [0, 0.1) is 17.8 Å². The van der Waals surface area contributed by atoms with Crippen LogP contribution in [-0.2, 0) is 0 Å². The fraction of sp³-hybridized carbons (Fsp3) is 1.00. The molecule has 2 fully saturated rings. The minimum absolute atomic E-state index is 1.04. The highest BCUT2D eigenvalue weighted by molar-refractivity contribution is 4.78. The summed E-state index contributed by atoms with van der Waals surface area (Å²) in [5.74, 6) is 3.32. The van der Waals surface area contributed by atoms with Gasteiger partial charge in [0, 0.05) is 0 Å². The SMILES string of the molecule is CC1CCC(CCC2CC2)C1. The van der Waals surface area contributed by atoms with Crippen LogP contribution in [0.1, 0.15) is 51.9 Å². The normalized spacial score (nSPS) is 37.9. The first-order valence-electron chi connectivity index (χ1n) is 5.34. The zero-order chi connectivity index (χ0) is 7.68. The van der Waals surface area contributed by atoms with Gasteiger partial charge in [-0.15, -0.1) is 0 Å². The summed E-state index contributed by atoms with van der Waals surface area (Å²) >= 11 is 0. The van der Waals surface area contributed by atoms with Crippen molar-refractivity contribution in [1.82, 2.24) is 0 Å². The molecule has 0 saturated heterocycles. The van der Waals surface area contributed by atoms with Crippen molar-refractivity contribution in [2.45, 2.75) is 51.9 Å². The first-order chi connectivity index (χ1) is 5.34. The van der Waals surface area contributed by atoms with Crippen molar-refractivity contribution in [2.24, 2.45) is 17.8 Å². The summed E-state index contributed by atoms with van der Waals surface area (Å²) in [6.07, 6.45) is 10.8. The Morgan fingerprint density at radius 2 is 1.55 bits per heavy atom. The molecule has 0 aromatic rings. The van der Waals surface area contributed by atoms with Gasteiger partial charge < -0.3 is 0 Å². The van der Waals surface area contributed by atoms with E-state index in [-0.39, 0.29) is 0 Å². The van der Waals surface area contributed by atoms with Gasteiger partial charge in [-0.1, -0.05) is 45.4 Å². The zero-order valence-electron chi connectivity index (χ0n) is 7.68. The molecule has 64 valence electrons. The van der Waals surface area contributed by atoms with Crippen LogP contribution < -0.4 is 0 Å². The second-order valence-electron chi connectivity index (χ2n) is 4.80. The van der Waals surface area contributed by atoms with Crippen LogP contribution in [0.5, 0.6) is 0 Å². The molecule has 2 aliphatic carbocycles. The predicted molar refractivity (Wildman–Crippen MR) is 48.5 cm³/mol. The van der Waals surface area contributed by atoms with Crippen molar-refractivity contribution in [3.63, 3.8) is 0 Å². The molecule has 2 rings (SSSR count). The molecular formula is C11H20. The van der Waals surface area contributed by atoms with Crippen molar-refractivity contribution < 1.29 is 0 Å². The Balaban J connectivity index is 1.62. The van der Waals surface area contributed by atoms with E-state index in [0.29, 0.717) is 0 Å². The van der Waals surface area contributed by atoms with Crippen LogP contribution in [0.4, 0.5) is 0 Å². The van der Waals surface area contributed by atoms with Crippen molar-refractivity contribution in [3.05, 3.63) is 0 Å². The van der Waals surface area contributed by atoms with Gasteiger partial charge in [0.05, 0.1) is 0 Å². The summed E-state index contributed by atoms with van der Waals surface area (Å²) in [6.45, 7) is 2.41. The summed E-state index contributed by atoms with van der Waals surface area (Å²) < 4.78 is 0. The Morgan fingerprint density at radius 1 is 0.909 bits per heavy atom. The molecule has 0 spiro atoms. The van der Waals surface area contributed by atoms with E-state index in [1.807, 2.05) is 0 Å². The highest BCUT2D eigenvalue weighted by atomic mass is 14.3. The standard InChI is InChI=1S/C11H20/c1-9-2-3-11(8-9)7-6-10-4-5-10/h9-11H,2-8H2,1H3. The van der Waals surface area contributed by atoms with Crippen LogP contribution >= 0.6 is 0 Å². The molecule has 0 bridgehead atoms. The molecule has 0 nitrogen and oxygen atoms in total. The maximum Gasteiger partial charge on any atom is -0.0412 e. The van der Waals surface area contributed by atoms with E-state index in [0.717, 1.165) is 17.8 Å². The third-order valence-corrected chi connectivity index (χ3v) is 3.48. The van der Waals surface area contributed by atoms with Crippen molar-refractivity contribution in [2.75, 3.05) is 0 Å². The highest BCUT2D eigenvalue weighted by Gasteiger charge is 2.25. The summed E-state index contributed by atoms with van der Waals surface area (Å²) in [7, 11) is 0. The first-order valence-corrected chi connectivity index (χ1v) is 5.34. The van der Waals surface area contributed by atoms with E-state index in [9.17, 15) is 0 Å². The quantitative estimate of drug-likeness (QED) is 0.579. The van der Waals surface area contributed by atoms with Gasteiger partial charge in [0.15, 0.2) is 0 Å². The third kappa shape index (κ3) is 2.21. The summed E-state index contributed by atoms with van der Waals surface area (Å²) in [4.78, 5) is 0. The molecule has 0 amide bonds. The molecule has 0 radical (unpaired) electrons. The maximum atomic E-state index is 2.41. The lowest BCUT2D eigenvalue weighted by Gasteiger charge is -2.07. The van der Waals surface area contributed by atoms with Gasteiger partial charge >= 0.3 is 0 Å². The monoisotopic (exact) mass is 152 g/mol. The van der Waals surface area contributed by atoms with Crippen LogP contribution in [-0.4, -0.2) is 0 Å². The fourth-order valence-electron chi connectivity index (χ4n) is 2.47. The lowest BCUT2D eigenvalue weighted by atomic mass is 9.99. The largest absolute Gasteiger partial charge is 0.0625 e. The molecule has 0 N–H and O–H groups in total. The molecule has 0 aromatic carbocycles. The van der Waals surface area contributed by atoms with Gasteiger partial charge in [-0.25, -0.2) is 0 Å². The molecular weight excluding hydrogens is 132 g/mol. The summed E-state index contributed by atoms with van der Waals surface area (Å²) in [5, 5.41) is 0. The van der Waals surface area contributed by atoms with Gasteiger partial charge in [0.2, 0.25) is 0 Å². The molecule has 2 saturated carbocycles. The van der Waals surface area contributed by atoms with Crippen LogP contribution in [0.2, 0.25) is 0 Å². The van der Waals surface area contributed by atoms with Crippen LogP contribution in [0.25, 0.3) is 0 Å². The Morgan fingerprint density at radius 3 is 2.09 bits per heavy atom. The zero-order valence-corrected chi connectivity index (χ0v) is 7.68. The summed E-state index contributed by atoms with van der Waals surface area (Å²) in [5.41, 5.74) is 0. The molecule has 0 aromatic heterocycles. The van der Waals surface area contributed by atoms with E-state index in [2.05, 4.69) is 6.92 Å². The Kier molecular flexibility index (Phi) is 2.20. The van der Waals surface area contributed by atoms with Crippen molar-refractivity contribution >= 4 is 0 Å². The Labute approximate surface area is 70.4 Å². The number of hydrogen-bond acceptors (Lipinski definition) is 0. The van der Waals surface area contributed by atoms with E-state index < -0.39 is 0 Å². The maximum absolute atomic E-state index is 2.41. The molecule has 11 heavy (non-hydrogen) atoms. The molecule has 0 heterocycles. The smallest absolute Gasteiger partial charge is 0.0412 e. The van der Waals surface area contributed by atoms with Gasteiger partial charge in [0.25, 0.3) is 0 Å². The van der Waals surface area contributed by atoms with E-state index >= 15 is 0 Å². The second-order valence-corrected chi connectivity index (χ2v) is 4.80. The van der Waals surface area contributed by atoms with Crippen molar-refractivity contribution in [1.29, 1.82) is 0 Å². The highest BCUT2D eigenvalue weighted by Crippen LogP contribution is 2.39. The van der Waals surface area contributed by atoms with E-state index in [4.69, 9.17) is 0 Å². The number of rotatable bonds is 3. The Hall–Kier alpha value is 0. The van der Waals surface area contributed by atoms with E-state index in [1.165, 1.54) is 19.3 Å². The molecule has 0 aliphatic heterocycles. The van der Waals surface area contributed by atoms with Crippen LogP contribution in [0.3, 0.4) is 0 Å². The van der Waals surface area contributed by atoms with Gasteiger partial charge in [0.1, 0.15) is 0 Å². The van der Waals surface area contributed by atoms with Gasteiger partial charge in [-0.2, -0.15) is 0 Å². The number of hydrogen-bond donors (Lipinski definition) is 0. The fourth-order valence-corrected chi connectivity index (χ4v) is 2.47. The minimum Gasteiger partial charge on any atom is -0.0625 e. The van der Waals surface area contributed by atoms with E-state index in [1.54, 1.807) is 25.7 Å².